The average molecular weight is 658 g/mol. The topological polar surface area (TPSA) is 57.0 Å². The Balaban J connectivity index is 1.18. The molecule has 0 saturated heterocycles. The Morgan fingerprint density at radius 1 is 0.460 bits per heavy atom. The lowest BCUT2D eigenvalue weighted by atomic mass is 10.1. The standard InChI is InChI=1S/C44H23N3O2S/c1-6-14-32-27(9-1)39-33(20-22-38-41(39)29-11-3-8-16-37(29)50-38)47(32)44-42(45-30-12-4-5-13-31(30)46-44)24-17-18-25-26-19-21-35-40(43(26)49-36(25)23-24)28-10-2-7-15-34(28)48-35/h1-23H. The van der Waals surface area contributed by atoms with Crippen LogP contribution in [-0.2, 0) is 0 Å². The highest BCUT2D eigenvalue weighted by Gasteiger charge is 2.23. The molecule has 6 heteroatoms. The van der Waals surface area contributed by atoms with Crippen LogP contribution in [0.15, 0.2) is 148 Å². The van der Waals surface area contributed by atoms with Crippen molar-refractivity contribution in [3.63, 3.8) is 0 Å². The summed E-state index contributed by atoms with van der Waals surface area (Å²) < 4.78 is 17.8. The normalized spacial score (nSPS) is 12.4. The largest absolute Gasteiger partial charge is 0.456 e. The van der Waals surface area contributed by atoms with Gasteiger partial charge in [0.2, 0.25) is 0 Å². The molecular formula is C44H23N3O2S. The zero-order chi connectivity index (χ0) is 32.5. The summed E-state index contributed by atoms with van der Waals surface area (Å²) in [5.74, 6) is 0.785. The molecule has 0 N–H and O–H groups in total. The van der Waals surface area contributed by atoms with Crippen LogP contribution in [0.1, 0.15) is 0 Å². The fraction of sp³-hybridized carbons (Fsp3) is 0. The molecule has 12 aromatic rings. The van der Waals surface area contributed by atoms with Gasteiger partial charge in [-0.05, 0) is 66.7 Å². The summed E-state index contributed by atoms with van der Waals surface area (Å²) in [6.07, 6.45) is 0. The molecule has 0 unspecified atom stereocenters. The molecule has 0 bridgehead atoms. The van der Waals surface area contributed by atoms with Crippen molar-refractivity contribution in [3.8, 4) is 17.1 Å². The zero-order valence-electron chi connectivity index (χ0n) is 26.3. The van der Waals surface area contributed by atoms with Crippen LogP contribution in [0.3, 0.4) is 0 Å². The van der Waals surface area contributed by atoms with Crippen molar-refractivity contribution in [1.29, 1.82) is 0 Å². The Hall–Kier alpha value is -6.50. The average Bonchev–Trinajstić information content (AvgIpc) is 3.92. The van der Waals surface area contributed by atoms with Crippen LogP contribution in [0.4, 0.5) is 0 Å². The van der Waals surface area contributed by atoms with Crippen LogP contribution in [0.2, 0.25) is 0 Å². The highest BCUT2D eigenvalue weighted by atomic mass is 32.1. The van der Waals surface area contributed by atoms with Crippen LogP contribution in [0, 0.1) is 0 Å². The van der Waals surface area contributed by atoms with Gasteiger partial charge in [-0.2, -0.15) is 0 Å². The predicted molar refractivity (Wildman–Crippen MR) is 207 cm³/mol. The molecule has 0 spiro atoms. The molecule has 50 heavy (non-hydrogen) atoms. The third-order valence-corrected chi connectivity index (χ3v) is 11.3. The molecule has 0 aliphatic carbocycles. The summed E-state index contributed by atoms with van der Waals surface area (Å²) in [5.41, 5.74) is 8.92. The highest BCUT2D eigenvalue weighted by molar-refractivity contribution is 7.26. The van der Waals surface area contributed by atoms with Gasteiger partial charge in [0.25, 0.3) is 0 Å². The smallest absolute Gasteiger partial charge is 0.165 e. The Kier molecular flexibility index (Phi) is 5.06. The monoisotopic (exact) mass is 657 g/mol. The Morgan fingerprint density at radius 3 is 2.14 bits per heavy atom. The van der Waals surface area contributed by atoms with E-state index in [1.54, 1.807) is 0 Å². The molecule has 0 radical (unpaired) electrons. The Bertz CT molecular complexity index is 3400. The molecule has 232 valence electrons. The van der Waals surface area contributed by atoms with Crippen LogP contribution in [0.25, 0.3) is 114 Å². The maximum atomic E-state index is 6.72. The van der Waals surface area contributed by atoms with E-state index >= 15 is 0 Å². The van der Waals surface area contributed by atoms with Gasteiger partial charge < -0.3 is 8.83 Å². The molecule has 0 fully saturated rings. The summed E-state index contributed by atoms with van der Waals surface area (Å²) in [5, 5.41) is 9.16. The third kappa shape index (κ3) is 3.45. The molecule has 0 atom stereocenters. The van der Waals surface area contributed by atoms with Crippen molar-refractivity contribution in [2.24, 2.45) is 0 Å². The number of thiophene rings is 1. The van der Waals surface area contributed by atoms with E-state index < -0.39 is 0 Å². The number of nitrogens with zero attached hydrogens (tertiary/aromatic N) is 3. The van der Waals surface area contributed by atoms with Crippen molar-refractivity contribution in [1.82, 2.24) is 14.5 Å². The Morgan fingerprint density at radius 2 is 1.22 bits per heavy atom. The van der Waals surface area contributed by atoms with Crippen LogP contribution < -0.4 is 0 Å². The van der Waals surface area contributed by atoms with Gasteiger partial charge >= 0.3 is 0 Å². The lowest BCUT2D eigenvalue weighted by molar-refractivity contribution is 0.663. The Labute approximate surface area is 287 Å². The molecule has 12 rings (SSSR count). The number of aromatic nitrogens is 3. The van der Waals surface area contributed by atoms with Crippen molar-refractivity contribution < 1.29 is 8.83 Å². The van der Waals surface area contributed by atoms with E-state index in [0.29, 0.717) is 0 Å². The number of fused-ring (bicyclic) bond motifs is 15. The van der Waals surface area contributed by atoms with Gasteiger partial charge in [-0.3, -0.25) is 4.57 Å². The van der Waals surface area contributed by atoms with Crippen molar-refractivity contribution >= 4 is 108 Å². The molecular weight excluding hydrogens is 635 g/mol. The quantitative estimate of drug-likeness (QED) is 0.186. The van der Waals surface area contributed by atoms with Gasteiger partial charge in [0.05, 0.1) is 27.5 Å². The second kappa shape index (κ2) is 9.56. The fourth-order valence-corrected chi connectivity index (χ4v) is 9.15. The lowest BCUT2D eigenvalue weighted by Crippen LogP contribution is -2.03. The van der Waals surface area contributed by atoms with E-state index in [1.807, 2.05) is 59.9 Å². The first-order valence-corrected chi connectivity index (χ1v) is 17.5. The SMILES string of the molecule is c1ccc2nc(-n3c4ccccc4c4c5c(ccc43)sc3ccccc35)c(-c3ccc4c(c3)oc3c4ccc4oc5ccccc5c43)nc2c1. The molecule has 5 nitrogen and oxygen atoms in total. The highest BCUT2D eigenvalue weighted by Crippen LogP contribution is 2.45. The van der Waals surface area contributed by atoms with Gasteiger partial charge in [-0.15, -0.1) is 11.3 Å². The summed E-state index contributed by atoms with van der Waals surface area (Å²) in [4.78, 5) is 10.7. The first kappa shape index (κ1) is 26.5. The van der Waals surface area contributed by atoms with Gasteiger partial charge in [0, 0.05) is 52.7 Å². The van der Waals surface area contributed by atoms with Gasteiger partial charge in [0.15, 0.2) is 5.82 Å². The van der Waals surface area contributed by atoms with Crippen molar-refractivity contribution in [3.05, 3.63) is 140 Å². The van der Waals surface area contributed by atoms with Gasteiger partial charge in [-0.1, -0.05) is 72.8 Å². The minimum Gasteiger partial charge on any atom is -0.456 e. The molecule has 0 aliphatic rings. The van der Waals surface area contributed by atoms with Crippen molar-refractivity contribution in [2.75, 3.05) is 0 Å². The maximum absolute atomic E-state index is 6.72. The first-order valence-electron chi connectivity index (χ1n) is 16.7. The maximum Gasteiger partial charge on any atom is 0.165 e. The van der Waals surface area contributed by atoms with Crippen LogP contribution in [0.5, 0.6) is 0 Å². The molecule has 0 saturated carbocycles. The first-order chi connectivity index (χ1) is 24.8. The number of rotatable bonds is 2. The minimum absolute atomic E-state index is 0.785. The molecule has 5 heterocycles. The second-order valence-electron chi connectivity index (χ2n) is 12.9. The van der Waals surface area contributed by atoms with Crippen LogP contribution in [-0.4, -0.2) is 14.5 Å². The molecule has 7 aromatic carbocycles. The summed E-state index contributed by atoms with van der Waals surface area (Å²) in [6.45, 7) is 0. The van der Waals surface area contributed by atoms with Gasteiger partial charge in [-0.25, -0.2) is 9.97 Å². The zero-order valence-corrected chi connectivity index (χ0v) is 27.2. The van der Waals surface area contributed by atoms with E-state index in [-0.39, 0.29) is 0 Å². The number of furan rings is 2. The van der Waals surface area contributed by atoms with E-state index in [4.69, 9.17) is 18.8 Å². The number of hydrogen-bond donors (Lipinski definition) is 0. The summed E-state index contributed by atoms with van der Waals surface area (Å²) >= 11 is 1.84. The predicted octanol–water partition coefficient (Wildman–Crippen LogP) is 12.6. The third-order valence-electron chi connectivity index (χ3n) is 10.2. The molecule has 0 aliphatic heterocycles. The summed E-state index contributed by atoms with van der Waals surface area (Å²) in [7, 11) is 0. The number of benzene rings is 7. The minimum atomic E-state index is 0.785. The van der Waals surface area contributed by atoms with E-state index in [2.05, 4.69) is 95.6 Å². The van der Waals surface area contributed by atoms with Crippen LogP contribution >= 0.6 is 11.3 Å². The van der Waals surface area contributed by atoms with Gasteiger partial charge in [0.1, 0.15) is 28.0 Å². The number of para-hydroxylation sites is 4. The van der Waals surface area contributed by atoms with E-state index in [1.165, 1.54) is 30.9 Å². The van der Waals surface area contributed by atoms with E-state index in [0.717, 1.165) is 83.0 Å². The summed E-state index contributed by atoms with van der Waals surface area (Å²) in [6, 6.07) is 48.7. The molecule has 5 aromatic heterocycles. The lowest BCUT2D eigenvalue weighted by Gasteiger charge is -2.13. The number of hydrogen-bond acceptors (Lipinski definition) is 5. The van der Waals surface area contributed by atoms with E-state index in [9.17, 15) is 0 Å². The fourth-order valence-electron chi connectivity index (χ4n) is 8.03. The van der Waals surface area contributed by atoms with Crippen molar-refractivity contribution in [2.45, 2.75) is 0 Å². The second-order valence-corrected chi connectivity index (χ2v) is 14.0. The molecule has 0 amide bonds.